The van der Waals surface area contributed by atoms with Crippen molar-refractivity contribution < 1.29 is 14.7 Å². The Morgan fingerprint density at radius 2 is 1.71 bits per heavy atom. The quantitative estimate of drug-likeness (QED) is 0.886. The molecule has 6 heteroatoms. The molecule has 128 valence electrons. The molecule has 0 bridgehead atoms. The number of aromatic carboxylic acids is 1. The van der Waals surface area contributed by atoms with E-state index in [1.165, 1.54) is 0 Å². The van der Waals surface area contributed by atoms with Crippen LogP contribution in [0.3, 0.4) is 0 Å². The van der Waals surface area contributed by atoms with Crippen LogP contribution in [-0.2, 0) is 0 Å². The summed E-state index contributed by atoms with van der Waals surface area (Å²) in [5, 5.41) is 9.79. The van der Waals surface area contributed by atoms with Crippen LogP contribution in [0.5, 0.6) is 0 Å². The zero-order valence-electron chi connectivity index (χ0n) is 14.5. The van der Waals surface area contributed by atoms with Crippen molar-refractivity contribution in [2.75, 3.05) is 0 Å². The van der Waals surface area contributed by atoms with Gasteiger partial charge in [-0.1, -0.05) is 18.2 Å². The highest BCUT2D eigenvalue weighted by atomic mass is 32.1. The number of amides is 1. The van der Waals surface area contributed by atoms with Crippen molar-refractivity contribution in [2.45, 2.75) is 46.7 Å². The van der Waals surface area contributed by atoms with Crippen molar-refractivity contribution in [3.05, 3.63) is 40.4 Å². The first-order chi connectivity index (χ1) is 11.2. The van der Waals surface area contributed by atoms with Crippen LogP contribution in [0.25, 0.3) is 10.6 Å². The van der Waals surface area contributed by atoms with E-state index in [9.17, 15) is 14.7 Å². The maximum absolute atomic E-state index is 13.0. The largest absolute Gasteiger partial charge is 0.477 e. The Balaban J connectivity index is 2.53. The predicted octanol–water partition coefficient (Wildman–Crippen LogP) is 4.08. The number of carbonyl (C=O) groups is 2. The van der Waals surface area contributed by atoms with Gasteiger partial charge >= 0.3 is 5.97 Å². The van der Waals surface area contributed by atoms with E-state index in [4.69, 9.17) is 0 Å². The molecule has 2 aromatic rings. The van der Waals surface area contributed by atoms with Gasteiger partial charge in [0, 0.05) is 23.2 Å². The topological polar surface area (TPSA) is 70.5 Å². The number of nitrogens with zero attached hydrogens (tertiary/aromatic N) is 2. The Morgan fingerprint density at radius 3 is 2.21 bits per heavy atom. The number of aryl methyl sites for hydroxylation is 1. The van der Waals surface area contributed by atoms with Gasteiger partial charge in [-0.05, 0) is 40.7 Å². The summed E-state index contributed by atoms with van der Waals surface area (Å²) < 4.78 is 0. The molecular formula is C18H22N2O3S. The Labute approximate surface area is 146 Å². The number of benzene rings is 1. The van der Waals surface area contributed by atoms with E-state index in [-0.39, 0.29) is 22.9 Å². The summed E-state index contributed by atoms with van der Waals surface area (Å²) >= 11 is 1.10. The third-order valence-corrected chi connectivity index (χ3v) is 4.90. The molecule has 5 nitrogen and oxygen atoms in total. The van der Waals surface area contributed by atoms with E-state index in [1.807, 2.05) is 50.8 Å². The van der Waals surface area contributed by atoms with Gasteiger partial charge in [0.1, 0.15) is 9.88 Å². The highest BCUT2D eigenvalue weighted by Crippen LogP contribution is 2.31. The minimum Gasteiger partial charge on any atom is -0.477 e. The smallest absolute Gasteiger partial charge is 0.347 e. The molecule has 0 radical (unpaired) electrons. The van der Waals surface area contributed by atoms with E-state index < -0.39 is 5.97 Å². The van der Waals surface area contributed by atoms with E-state index >= 15 is 0 Å². The van der Waals surface area contributed by atoms with Gasteiger partial charge in [0.25, 0.3) is 5.91 Å². The first-order valence-electron chi connectivity index (χ1n) is 7.86. The van der Waals surface area contributed by atoms with Crippen molar-refractivity contribution >= 4 is 23.2 Å². The Bertz CT molecular complexity index is 757. The van der Waals surface area contributed by atoms with Gasteiger partial charge in [0.05, 0.1) is 5.69 Å². The van der Waals surface area contributed by atoms with Crippen LogP contribution in [0.4, 0.5) is 0 Å². The lowest BCUT2D eigenvalue weighted by molar-refractivity contribution is 0.0643. The summed E-state index contributed by atoms with van der Waals surface area (Å²) in [4.78, 5) is 30.7. The fraction of sp³-hybridized carbons (Fsp3) is 0.389. The molecule has 0 aliphatic heterocycles. The van der Waals surface area contributed by atoms with Crippen LogP contribution in [-0.4, -0.2) is 39.0 Å². The maximum Gasteiger partial charge on any atom is 0.347 e. The first kappa shape index (κ1) is 18.1. The SMILES string of the molecule is Cc1nc(-c2ccccc2C(=O)N(C(C)C)C(C)C)sc1C(=O)O. The summed E-state index contributed by atoms with van der Waals surface area (Å²) in [6.07, 6.45) is 0. The van der Waals surface area contributed by atoms with Crippen molar-refractivity contribution in [3.63, 3.8) is 0 Å². The van der Waals surface area contributed by atoms with Gasteiger partial charge in [0.15, 0.2) is 0 Å². The lowest BCUT2D eigenvalue weighted by Crippen LogP contribution is -2.42. The van der Waals surface area contributed by atoms with E-state index in [0.29, 0.717) is 21.8 Å². The zero-order chi connectivity index (χ0) is 18.0. The first-order valence-corrected chi connectivity index (χ1v) is 8.68. The van der Waals surface area contributed by atoms with Crippen molar-refractivity contribution in [1.29, 1.82) is 0 Å². The average Bonchev–Trinajstić information content (AvgIpc) is 2.88. The third kappa shape index (κ3) is 3.48. The molecule has 0 atom stereocenters. The van der Waals surface area contributed by atoms with Crippen molar-refractivity contribution in [2.24, 2.45) is 0 Å². The van der Waals surface area contributed by atoms with E-state index in [2.05, 4.69) is 4.98 Å². The number of hydrogen-bond acceptors (Lipinski definition) is 4. The molecule has 1 N–H and O–H groups in total. The van der Waals surface area contributed by atoms with Crippen LogP contribution in [0.2, 0.25) is 0 Å². The molecule has 0 unspecified atom stereocenters. The Morgan fingerprint density at radius 1 is 1.12 bits per heavy atom. The van der Waals surface area contributed by atoms with Crippen LogP contribution < -0.4 is 0 Å². The number of rotatable bonds is 5. The van der Waals surface area contributed by atoms with Gasteiger partial charge in [-0.3, -0.25) is 4.79 Å². The van der Waals surface area contributed by atoms with Crippen molar-refractivity contribution in [1.82, 2.24) is 9.88 Å². The van der Waals surface area contributed by atoms with Crippen LogP contribution in [0.15, 0.2) is 24.3 Å². The minimum absolute atomic E-state index is 0.0677. The molecule has 0 saturated heterocycles. The molecule has 1 aromatic carbocycles. The zero-order valence-corrected chi connectivity index (χ0v) is 15.3. The number of thiazole rings is 1. The van der Waals surface area contributed by atoms with Crippen molar-refractivity contribution in [3.8, 4) is 10.6 Å². The van der Waals surface area contributed by atoms with Crippen LogP contribution in [0.1, 0.15) is 53.4 Å². The summed E-state index contributed by atoms with van der Waals surface area (Å²) in [6, 6.07) is 7.37. The second-order valence-electron chi connectivity index (χ2n) is 6.18. The van der Waals surface area contributed by atoms with Gasteiger partial charge in [-0.15, -0.1) is 11.3 Å². The Kier molecular flexibility index (Phi) is 5.39. The summed E-state index contributed by atoms with van der Waals surface area (Å²) in [5.74, 6) is -1.06. The van der Waals surface area contributed by atoms with Gasteiger partial charge in [-0.25, -0.2) is 9.78 Å². The number of aromatic nitrogens is 1. The second kappa shape index (κ2) is 7.13. The molecule has 1 heterocycles. The van der Waals surface area contributed by atoms with Gasteiger partial charge in [-0.2, -0.15) is 0 Å². The molecular weight excluding hydrogens is 324 g/mol. The molecule has 0 fully saturated rings. The minimum atomic E-state index is -0.994. The number of carboxylic acids is 1. The number of carboxylic acid groups (broad SMARTS) is 1. The molecule has 0 aliphatic carbocycles. The van der Waals surface area contributed by atoms with Gasteiger partial charge in [0.2, 0.25) is 0 Å². The predicted molar refractivity (Wildman–Crippen MR) is 95.7 cm³/mol. The molecule has 1 aromatic heterocycles. The lowest BCUT2D eigenvalue weighted by Gasteiger charge is -2.31. The van der Waals surface area contributed by atoms with Crippen LogP contribution in [0, 0.1) is 6.92 Å². The Hall–Kier alpha value is -2.21. The maximum atomic E-state index is 13.0. The summed E-state index contributed by atoms with van der Waals surface area (Å²) in [5.41, 5.74) is 1.69. The highest BCUT2D eigenvalue weighted by molar-refractivity contribution is 7.17. The van der Waals surface area contributed by atoms with E-state index in [1.54, 1.807) is 13.0 Å². The number of carbonyl (C=O) groups excluding carboxylic acids is 1. The monoisotopic (exact) mass is 346 g/mol. The molecule has 0 spiro atoms. The molecule has 0 saturated carbocycles. The highest BCUT2D eigenvalue weighted by Gasteiger charge is 2.25. The molecule has 24 heavy (non-hydrogen) atoms. The van der Waals surface area contributed by atoms with E-state index in [0.717, 1.165) is 11.3 Å². The van der Waals surface area contributed by atoms with Crippen LogP contribution >= 0.6 is 11.3 Å². The summed E-state index contributed by atoms with van der Waals surface area (Å²) in [7, 11) is 0. The fourth-order valence-electron chi connectivity index (χ4n) is 2.77. The fourth-order valence-corrected chi connectivity index (χ4v) is 3.72. The standard InChI is InChI=1S/C18H22N2O3S/c1-10(2)20(11(3)4)17(21)14-9-7-6-8-13(14)16-19-12(5)15(24-16)18(22)23/h6-11H,1-5H3,(H,22,23). The normalized spacial score (nSPS) is 11.1. The third-order valence-electron chi connectivity index (χ3n) is 3.73. The van der Waals surface area contributed by atoms with Gasteiger partial charge < -0.3 is 10.0 Å². The lowest BCUT2D eigenvalue weighted by atomic mass is 10.0. The average molecular weight is 346 g/mol. The molecule has 0 aliphatic rings. The molecule has 1 amide bonds. The number of hydrogen-bond donors (Lipinski definition) is 1. The molecule has 2 rings (SSSR count). The summed E-state index contributed by atoms with van der Waals surface area (Å²) in [6.45, 7) is 9.60. The second-order valence-corrected chi connectivity index (χ2v) is 7.18.